The van der Waals surface area contributed by atoms with Crippen molar-refractivity contribution >= 4 is 39.5 Å². The topological polar surface area (TPSA) is 237 Å². The lowest BCUT2D eigenvalue weighted by atomic mass is 9.99. The number of phosphoric ester groups is 2. The number of aliphatic hydroxyl groups excluding tert-OH is 1. The number of ether oxygens (including phenoxy) is 4. The minimum atomic E-state index is -4.96. The molecule has 17 nitrogen and oxygen atoms in total. The van der Waals surface area contributed by atoms with Gasteiger partial charge in [0.1, 0.15) is 19.3 Å². The molecule has 0 aromatic heterocycles. The molecule has 0 saturated heterocycles. The molecule has 0 bridgehead atoms. The van der Waals surface area contributed by atoms with E-state index < -0.39 is 97.5 Å². The molecule has 6 atom stereocenters. The second-order valence-corrected chi connectivity index (χ2v) is 31.1. The Balaban J connectivity index is 5.19. The molecule has 0 aromatic rings. The monoisotopic (exact) mass is 1380 g/mol. The third kappa shape index (κ3) is 67.3. The van der Waals surface area contributed by atoms with Crippen LogP contribution in [-0.2, 0) is 65.4 Å². The summed E-state index contributed by atoms with van der Waals surface area (Å²) in [6.45, 7) is 11.9. The molecule has 3 unspecified atom stereocenters. The van der Waals surface area contributed by atoms with E-state index in [1.807, 2.05) is 0 Å². The van der Waals surface area contributed by atoms with Gasteiger partial charge in [-0.2, -0.15) is 0 Å². The van der Waals surface area contributed by atoms with Gasteiger partial charge in [0, 0.05) is 25.7 Å². The maximum absolute atomic E-state index is 13.1. The van der Waals surface area contributed by atoms with Crippen LogP contribution in [0, 0.1) is 17.8 Å². The van der Waals surface area contributed by atoms with Gasteiger partial charge in [-0.1, -0.05) is 331 Å². The summed E-state index contributed by atoms with van der Waals surface area (Å²) in [7, 11) is -9.91. The van der Waals surface area contributed by atoms with Gasteiger partial charge in [0.15, 0.2) is 12.2 Å². The SMILES string of the molecule is CCCCCCCCCCCC(=O)OC[C@H](COP(=O)(O)OC[C@H](O)COP(=O)(O)OC[C@@H](COC(=O)CCCCCCCCCCCCC(C)CC)OC(=O)CCCCCCCCCCCCCCCCCCCCC(C)C)OC(=O)CCCCCCCCCC(C)C. The van der Waals surface area contributed by atoms with E-state index in [-0.39, 0.29) is 25.7 Å². The molecular weight excluding hydrogens is 1230 g/mol. The van der Waals surface area contributed by atoms with Crippen LogP contribution < -0.4 is 0 Å². The second kappa shape index (κ2) is 65.7. The molecule has 0 aliphatic carbocycles. The largest absolute Gasteiger partial charge is 0.472 e. The average Bonchev–Trinajstić information content (AvgIpc) is 2.08. The Morgan fingerprint density at radius 1 is 0.309 bits per heavy atom. The Morgan fingerprint density at radius 3 is 0.809 bits per heavy atom. The van der Waals surface area contributed by atoms with Crippen LogP contribution in [0.2, 0.25) is 0 Å². The van der Waals surface area contributed by atoms with Crippen LogP contribution in [-0.4, -0.2) is 96.7 Å². The van der Waals surface area contributed by atoms with Gasteiger partial charge in [-0.25, -0.2) is 9.13 Å². The summed E-state index contributed by atoms with van der Waals surface area (Å²) >= 11 is 0. The van der Waals surface area contributed by atoms with Gasteiger partial charge in [0.25, 0.3) is 0 Å². The Labute approximate surface area is 575 Å². The highest BCUT2D eigenvalue weighted by Gasteiger charge is 2.30. The molecule has 3 N–H and O–H groups in total. The average molecular weight is 1380 g/mol. The van der Waals surface area contributed by atoms with Gasteiger partial charge in [-0.15, -0.1) is 0 Å². The first-order valence-electron chi connectivity index (χ1n) is 38.9. The summed E-state index contributed by atoms with van der Waals surface area (Å²) in [5, 5.41) is 10.6. The molecule has 0 spiro atoms. The van der Waals surface area contributed by atoms with E-state index in [9.17, 15) is 43.2 Å². The quantitative estimate of drug-likeness (QED) is 0.0222. The highest BCUT2D eigenvalue weighted by Crippen LogP contribution is 2.45. The van der Waals surface area contributed by atoms with Crippen molar-refractivity contribution in [1.82, 2.24) is 0 Å². The second-order valence-electron chi connectivity index (χ2n) is 28.2. The minimum absolute atomic E-state index is 0.103. The fourth-order valence-corrected chi connectivity index (χ4v) is 13.0. The molecule has 0 aliphatic heterocycles. The van der Waals surface area contributed by atoms with Gasteiger partial charge >= 0.3 is 39.5 Å². The number of hydrogen-bond donors (Lipinski definition) is 3. The summed E-state index contributed by atoms with van der Waals surface area (Å²) in [5.74, 6) is 0.202. The van der Waals surface area contributed by atoms with Crippen molar-refractivity contribution in [2.75, 3.05) is 39.6 Å². The summed E-state index contributed by atoms with van der Waals surface area (Å²) in [6, 6.07) is 0. The summed E-state index contributed by atoms with van der Waals surface area (Å²) in [5.41, 5.74) is 0. The highest BCUT2D eigenvalue weighted by atomic mass is 31.2. The lowest BCUT2D eigenvalue weighted by Gasteiger charge is -2.21. The van der Waals surface area contributed by atoms with Crippen LogP contribution in [0.15, 0.2) is 0 Å². The zero-order chi connectivity index (χ0) is 69.4. The molecule has 19 heteroatoms. The fraction of sp³-hybridized carbons (Fsp3) is 0.947. The summed E-state index contributed by atoms with van der Waals surface area (Å²) in [4.78, 5) is 72.6. The maximum atomic E-state index is 13.1. The molecule has 0 saturated carbocycles. The van der Waals surface area contributed by atoms with Crippen LogP contribution in [0.4, 0.5) is 0 Å². The van der Waals surface area contributed by atoms with Gasteiger partial charge in [-0.3, -0.25) is 37.3 Å². The van der Waals surface area contributed by atoms with Gasteiger partial charge in [0.05, 0.1) is 26.4 Å². The summed E-state index contributed by atoms with van der Waals surface area (Å²) in [6.07, 6.45) is 51.5. The number of carbonyl (C=O) groups excluding carboxylic acids is 4. The Morgan fingerprint density at radius 2 is 0.543 bits per heavy atom. The number of aliphatic hydroxyl groups is 1. The van der Waals surface area contributed by atoms with E-state index in [0.717, 1.165) is 102 Å². The lowest BCUT2D eigenvalue weighted by Crippen LogP contribution is -2.30. The number of phosphoric acid groups is 2. The van der Waals surface area contributed by atoms with Crippen LogP contribution in [0.5, 0.6) is 0 Å². The van der Waals surface area contributed by atoms with Crippen LogP contribution in [0.1, 0.15) is 382 Å². The smallest absolute Gasteiger partial charge is 0.462 e. The van der Waals surface area contributed by atoms with E-state index in [2.05, 4.69) is 48.5 Å². The molecule has 0 rings (SSSR count). The number of hydrogen-bond acceptors (Lipinski definition) is 15. The normalized spacial score (nSPS) is 14.4. The molecule has 0 aliphatic rings. The Kier molecular flexibility index (Phi) is 64.3. The number of rotatable bonds is 73. The first-order chi connectivity index (χ1) is 45.3. The molecule has 0 radical (unpaired) electrons. The van der Waals surface area contributed by atoms with Crippen molar-refractivity contribution in [3.05, 3.63) is 0 Å². The Hall–Kier alpha value is -1.94. The van der Waals surface area contributed by atoms with E-state index in [4.69, 9.17) is 37.0 Å². The first kappa shape index (κ1) is 92.1. The molecular formula is C75H146O17P2. The van der Waals surface area contributed by atoms with Crippen molar-refractivity contribution in [3.63, 3.8) is 0 Å². The highest BCUT2D eigenvalue weighted by molar-refractivity contribution is 7.47. The van der Waals surface area contributed by atoms with Gasteiger partial charge in [-0.05, 0) is 43.4 Å². The number of unbranched alkanes of at least 4 members (excludes halogenated alkanes) is 40. The lowest BCUT2D eigenvalue weighted by molar-refractivity contribution is -0.161. The molecule has 0 aromatic carbocycles. The minimum Gasteiger partial charge on any atom is -0.462 e. The zero-order valence-electron chi connectivity index (χ0n) is 61.4. The molecule has 94 heavy (non-hydrogen) atoms. The van der Waals surface area contributed by atoms with Crippen molar-refractivity contribution in [2.45, 2.75) is 401 Å². The van der Waals surface area contributed by atoms with Gasteiger partial charge < -0.3 is 33.8 Å². The fourth-order valence-electron chi connectivity index (χ4n) is 11.4. The van der Waals surface area contributed by atoms with Crippen LogP contribution >= 0.6 is 15.6 Å². The van der Waals surface area contributed by atoms with Crippen molar-refractivity contribution in [3.8, 4) is 0 Å². The molecule has 0 amide bonds. The predicted octanol–water partition coefficient (Wildman–Crippen LogP) is 21.8. The van der Waals surface area contributed by atoms with Crippen LogP contribution in [0.3, 0.4) is 0 Å². The first-order valence-corrected chi connectivity index (χ1v) is 41.9. The number of esters is 4. The zero-order valence-corrected chi connectivity index (χ0v) is 63.2. The van der Waals surface area contributed by atoms with E-state index in [1.54, 1.807) is 0 Å². The molecule has 0 heterocycles. The molecule has 0 fully saturated rings. The molecule has 558 valence electrons. The summed E-state index contributed by atoms with van der Waals surface area (Å²) < 4.78 is 68.4. The van der Waals surface area contributed by atoms with E-state index in [1.165, 1.54) is 193 Å². The van der Waals surface area contributed by atoms with E-state index in [0.29, 0.717) is 31.6 Å². The Bertz CT molecular complexity index is 1840. The van der Waals surface area contributed by atoms with Crippen LogP contribution in [0.25, 0.3) is 0 Å². The maximum Gasteiger partial charge on any atom is 0.472 e. The third-order valence-corrected chi connectivity index (χ3v) is 19.6. The van der Waals surface area contributed by atoms with E-state index >= 15 is 0 Å². The number of carbonyl (C=O) groups is 4. The van der Waals surface area contributed by atoms with Crippen molar-refractivity contribution in [1.29, 1.82) is 0 Å². The predicted molar refractivity (Wildman–Crippen MR) is 381 cm³/mol. The van der Waals surface area contributed by atoms with Crippen molar-refractivity contribution in [2.24, 2.45) is 17.8 Å². The van der Waals surface area contributed by atoms with Crippen molar-refractivity contribution < 1.29 is 80.2 Å². The standard InChI is InChI=1S/C75H146O17P2/c1-8-10-11-12-13-26-35-42-49-56-72(77)85-63-71(92-75(80)59-52-45-38-31-33-40-47-54-67(5)6)65-90-94(83,84)88-61-69(76)60-87-93(81,82)89-64-70(62-86-73(78)57-50-43-36-29-25-24-28-34-41-48-55-68(7)9-2)91-74(79)58-51-44-37-30-23-21-19-17-15-14-16-18-20-22-27-32-39-46-53-66(3)4/h66-71,76H,8-65H2,1-7H3,(H,81,82)(H,83,84)/t68?,69-,70-,71-/m1/s1. The third-order valence-electron chi connectivity index (χ3n) is 17.7. The van der Waals surface area contributed by atoms with Gasteiger partial charge in [0.2, 0.25) is 0 Å².